The molecule has 1 unspecified atom stereocenters. The Bertz CT molecular complexity index is 975. The molecule has 0 radical (unpaired) electrons. The normalized spacial score (nSPS) is 16.2. The van der Waals surface area contributed by atoms with Crippen LogP contribution in [0.3, 0.4) is 0 Å². The predicted molar refractivity (Wildman–Crippen MR) is 124 cm³/mol. The van der Waals surface area contributed by atoms with E-state index in [-0.39, 0.29) is 5.92 Å². The summed E-state index contributed by atoms with van der Waals surface area (Å²) >= 11 is 6.41. The smallest absolute Gasteiger partial charge is 0.0946 e. The van der Waals surface area contributed by atoms with Crippen LogP contribution in [0.5, 0.6) is 0 Å². The van der Waals surface area contributed by atoms with E-state index >= 15 is 0 Å². The van der Waals surface area contributed by atoms with E-state index in [1.54, 1.807) is 0 Å². The van der Waals surface area contributed by atoms with Gasteiger partial charge >= 0.3 is 0 Å². The summed E-state index contributed by atoms with van der Waals surface area (Å²) in [5.74, 6) is 0.845. The number of nitrogens with one attached hydrogen (secondary N) is 1. The zero-order valence-electron chi connectivity index (χ0n) is 17.5. The molecule has 0 spiro atoms. The lowest BCUT2D eigenvalue weighted by Gasteiger charge is -2.32. The van der Waals surface area contributed by atoms with E-state index in [4.69, 9.17) is 16.6 Å². The van der Waals surface area contributed by atoms with Gasteiger partial charge in [-0.1, -0.05) is 35.9 Å². The van der Waals surface area contributed by atoms with E-state index in [1.165, 1.54) is 22.4 Å². The molecule has 1 aromatic carbocycles. The van der Waals surface area contributed by atoms with Gasteiger partial charge in [-0.25, -0.2) is 4.98 Å². The van der Waals surface area contributed by atoms with Crippen LogP contribution in [-0.4, -0.2) is 27.6 Å². The summed E-state index contributed by atoms with van der Waals surface area (Å²) < 4.78 is 2.10. The number of aryl methyl sites for hydroxylation is 2. The van der Waals surface area contributed by atoms with Crippen molar-refractivity contribution < 1.29 is 0 Å². The van der Waals surface area contributed by atoms with Crippen LogP contribution in [0, 0.1) is 12.8 Å². The van der Waals surface area contributed by atoms with E-state index in [1.807, 2.05) is 37.1 Å². The molecule has 1 atom stereocenters. The molecule has 0 amide bonds. The highest BCUT2D eigenvalue weighted by Gasteiger charge is 2.29. The lowest BCUT2D eigenvalue weighted by molar-refractivity contribution is 0.338. The molecule has 3 heterocycles. The Balaban J connectivity index is 1.66. The summed E-state index contributed by atoms with van der Waals surface area (Å²) in [5.41, 5.74) is 4.97. The number of piperidine rings is 1. The quantitative estimate of drug-likeness (QED) is 0.550. The minimum absolute atomic E-state index is 0.277. The van der Waals surface area contributed by atoms with Crippen LogP contribution in [-0.2, 0) is 6.54 Å². The van der Waals surface area contributed by atoms with Crippen LogP contribution < -0.4 is 5.32 Å². The highest BCUT2D eigenvalue weighted by atomic mass is 35.5. The summed E-state index contributed by atoms with van der Waals surface area (Å²) in [6.45, 7) is 5.23. The number of hydrogen-bond donors (Lipinski definition) is 1. The van der Waals surface area contributed by atoms with Crippen molar-refractivity contribution in [2.75, 3.05) is 13.1 Å². The standard InChI is InChI=1S/C25H29ClN4/c1-19-5-4-11-29-25(19)24(20-9-12-27-13-10-20)23-8-7-22(26)17-21(23)6-2-3-15-30-16-14-28-18-30/h2,4-8,11,14,16-18,20,24,27H,3,9-10,12-13,15H2,1H3/b6-2+. The maximum absolute atomic E-state index is 6.41. The first-order valence-electron chi connectivity index (χ1n) is 10.8. The average molecular weight is 421 g/mol. The Morgan fingerprint density at radius 1 is 1.23 bits per heavy atom. The molecule has 30 heavy (non-hydrogen) atoms. The first-order valence-corrected chi connectivity index (χ1v) is 11.1. The van der Waals surface area contributed by atoms with Gasteiger partial charge in [0.1, 0.15) is 0 Å². The van der Waals surface area contributed by atoms with Gasteiger partial charge < -0.3 is 9.88 Å². The number of allylic oxidation sites excluding steroid dienone is 1. The Labute approximate surface area is 184 Å². The lowest BCUT2D eigenvalue weighted by atomic mass is 9.76. The molecule has 2 aromatic heterocycles. The highest BCUT2D eigenvalue weighted by molar-refractivity contribution is 6.30. The summed E-state index contributed by atoms with van der Waals surface area (Å²) in [7, 11) is 0. The Kier molecular flexibility index (Phi) is 6.98. The molecule has 1 saturated heterocycles. The molecule has 3 aromatic rings. The van der Waals surface area contributed by atoms with Crippen molar-refractivity contribution in [2.24, 2.45) is 5.92 Å². The molecule has 5 heteroatoms. The van der Waals surface area contributed by atoms with E-state index in [9.17, 15) is 0 Å². The van der Waals surface area contributed by atoms with Crippen LogP contribution >= 0.6 is 11.6 Å². The first-order chi connectivity index (χ1) is 14.7. The maximum atomic E-state index is 6.41. The molecule has 4 rings (SSSR count). The lowest BCUT2D eigenvalue weighted by Crippen LogP contribution is -2.32. The van der Waals surface area contributed by atoms with E-state index in [0.29, 0.717) is 5.92 Å². The monoisotopic (exact) mass is 420 g/mol. The van der Waals surface area contributed by atoms with Gasteiger partial charge in [0, 0.05) is 36.1 Å². The molecular formula is C25H29ClN4. The number of nitrogens with zero attached hydrogens (tertiary/aromatic N) is 3. The van der Waals surface area contributed by atoms with Crippen molar-refractivity contribution in [2.45, 2.75) is 38.6 Å². The minimum atomic E-state index is 0.277. The van der Waals surface area contributed by atoms with Crippen molar-refractivity contribution in [1.29, 1.82) is 0 Å². The van der Waals surface area contributed by atoms with Crippen molar-refractivity contribution in [3.63, 3.8) is 0 Å². The first kappa shape index (κ1) is 20.8. The Morgan fingerprint density at radius 3 is 2.87 bits per heavy atom. The fraction of sp³-hybridized carbons (Fsp3) is 0.360. The van der Waals surface area contributed by atoms with Crippen LogP contribution in [0.4, 0.5) is 0 Å². The number of rotatable bonds is 7. The average Bonchev–Trinajstić information content (AvgIpc) is 3.28. The van der Waals surface area contributed by atoms with Gasteiger partial charge in [0.2, 0.25) is 0 Å². The fourth-order valence-corrected chi connectivity index (χ4v) is 4.63. The maximum Gasteiger partial charge on any atom is 0.0946 e. The summed E-state index contributed by atoms with van der Waals surface area (Å²) in [6.07, 6.45) is 15.3. The van der Waals surface area contributed by atoms with Crippen LogP contribution in [0.15, 0.2) is 61.3 Å². The van der Waals surface area contributed by atoms with Crippen molar-refractivity contribution in [3.05, 3.63) is 88.7 Å². The summed E-state index contributed by atoms with van der Waals surface area (Å²) in [4.78, 5) is 8.95. The van der Waals surface area contributed by atoms with E-state index < -0.39 is 0 Å². The van der Waals surface area contributed by atoms with Crippen LogP contribution in [0.2, 0.25) is 5.02 Å². The summed E-state index contributed by atoms with van der Waals surface area (Å²) in [5, 5.41) is 4.28. The second-order valence-electron chi connectivity index (χ2n) is 8.04. The number of halogens is 1. The van der Waals surface area contributed by atoms with Crippen LogP contribution in [0.25, 0.3) is 6.08 Å². The molecule has 1 aliphatic heterocycles. The third kappa shape index (κ3) is 5.00. The topological polar surface area (TPSA) is 42.7 Å². The number of imidazole rings is 1. The molecular weight excluding hydrogens is 392 g/mol. The zero-order valence-corrected chi connectivity index (χ0v) is 18.2. The number of benzene rings is 1. The van der Waals surface area contributed by atoms with Gasteiger partial charge in [-0.15, -0.1) is 0 Å². The largest absolute Gasteiger partial charge is 0.337 e. The van der Waals surface area contributed by atoms with Gasteiger partial charge in [-0.05, 0) is 80.1 Å². The SMILES string of the molecule is Cc1cccnc1C(c1ccc(Cl)cc1/C=C/CCn1ccnc1)C1CCNCC1. The number of aromatic nitrogens is 3. The Hall–Kier alpha value is -2.43. The molecule has 0 saturated carbocycles. The highest BCUT2D eigenvalue weighted by Crippen LogP contribution is 2.39. The van der Waals surface area contributed by atoms with Crippen LogP contribution in [0.1, 0.15) is 47.6 Å². The van der Waals surface area contributed by atoms with Gasteiger partial charge in [-0.2, -0.15) is 0 Å². The predicted octanol–water partition coefficient (Wildman–Crippen LogP) is 5.47. The minimum Gasteiger partial charge on any atom is -0.337 e. The third-order valence-electron chi connectivity index (χ3n) is 5.99. The van der Waals surface area contributed by atoms with Gasteiger partial charge in [0.25, 0.3) is 0 Å². The molecule has 1 aliphatic rings. The van der Waals surface area contributed by atoms with Crippen molar-refractivity contribution in [3.8, 4) is 0 Å². The molecule has 156 valence electrons. The molecule has 0 bridgehead atoms. The van der Waals surface area contributed by atoms with E-state index in [2.05, 4.69) is 52.1 Å². The molecule has 1 N–H and O–H groups in total. The summed E-state index contributed by atoms with van der Waals surface area (Å²) in [6, 6.07) is 10.5. The second kappa shape index (κ2) is 10.1. The number of hydrogen-bond acceptors (Lipinski definition) is 3. The fourth-order valence-electron chi connectivity index (χ4n) is 4.45. The second-order valence-corrected chi connectivity index (χ2v) is 8.47. The van der Waals surface area contributed by atoms with Gasteiger partial charge in [0.15, 0.2) is 0 Å². The molecule has 4 nitrogen and oxygen atoms in total. The third-order valence-corrected chi connectivity index (χ3v) is 6.23. The van der Waals surface area contributed by atoms with Crippen molar-refractivity contribution >= 4 is 17.7 Å². The van der Waals surface area contributed by atoms with E-state index in [0.717, 1.165) is 43.9 Å². The van der Waals surface area contributed by atoms with Gasteiger partial charge in [-0.3, -0.25) is 4.98 Å². The molecule has 0 aliphatic carbocycles. The van der Waals surface area contributed by atoms with Gasteiger partial charge in [0.05, 0.1) is 12.0 Å². The zero-order chi connectivity index (χ0) is 20.8. The molecule has 1 fully saturated rings. The Morgan fingerprint density at radius 2 is 2.10 bits per heavy atom. The van der Waals surface area contributed by atoms with Crippen molar-refractivity contribution in [1.82, 2.24) is 19.9 Å². The number of pyridine rings is 1.